The number of hydrogen-bond acceptors (Lipinski definition) is 7. The number of nitrogens with two attached hydrogens (primary N) is 1. The zero-order valence-corrected chi connectivity index (χ0v) is 27.7. The molecule has 2 heterocycles. The van der Waals surface area contributed by atoms with Gasteiger partial charge in [0.15, 0.2) is 5.82 Å². The van der Waals surface area contributed by atoms with Gasteiger partial charge in [0.2, 0.25) is 0 Å². The van der Waals surface area contributed by atoms with Crippen LogP contribution in [0.5, 0.6) is 0 Å². The van der Waals surface area contributed by atoms with E-state index in [9.17, 15) is 9.90 Å². The number of rotatable bonds is 7. The molecule has 3 N–H and O–H groups in total. The number of aryl methyl sites for hydroxylation is 1. The third kappa shape index (κ3) is 4.12. The van der Waals surface area contributed by atoms with Crippen LogP contribution in [-0.4, -0.2) is 63.8 Å². The summed E-state index contributed by atoms with van der Waals surface area (Å²) in [5.74, 6) is 1.12. The average Bonchev–Trinajstić information content (AvgIpc) is 3.38. The first-order valence-corrected chi connectivity index (χ1v) is 16.8. The maximum atomic E-state index is 13.3. The molecule has 0 unspecified atom stereocenters. The van der Waals surface area contributed by atoms with Gasteiger partial charge in [-0.15, -0.1) is 10.2 Å². The molecule has 2 bridgehead atoms. The standard InChI is InChI=1S/C34H55N5O4/c1-20(2)21(3)30(5)13-14-32(7)23-9-10-26-31(6)18-42-19-34(26,24(23)11-12-33(32,8)27(30)29(40)41)17-25(28(31)43-16-15-35)39-37-22(4)36-38-39/h11,20-21,23,25-28H,9-10,12-19,35H2,1-8H3,(H,40,41)/t21-,23+,25-,26+,27-,28+,30-,31+,32-,33+,34+/m1/s1. The highest BCUT2D eigenvalue weighted by Crippen LogP contribution is 2.75. The van der Waals surface area contributed by atoms with Gasteiger partial charge in [-0.2, -0.15) is 4.80 Å². The molecule has 1 saturated heterocycles. The molecule has 11 atom stereocenters. The minimum absolute atomic E-state index is 0.0769. The van der Waals surface area contributed by atoms with Gasteiger partial charge in [0.25, 0.3) is 0 Å². The van der Waals surface area contributed by atoms with E-state index in [-0.39, 0.29) is 39.2 Å². The third-order valence-corrected chi connectivity index (χ3v) is 14.3. The van der Waals surface area contributed by atoms with Crippen LogP contribution in [0.15, 0.2) is 11.6 Å². The summed E-state index contributed by atoms with van der Waals surface area (Å²) in [7, 11) is 0. The first-order valence-electron chi connectivity index (χ1n) is 16.8. The number of carboxylic acid groups (broad SMARTS) is 1. The molecule has 240 valence electrons. The van der Waals surface area contributed by atoms with Crippen LogP contribution >= 0.6 is 0 Å². The largest absolute Gasteiger partial charge is 0.481 e. The van der Waals surface area contributed by atoms with Crippen LogP contribution in [0.1, 0.15) is 98.9 Å². The van der Waals surface area contributed by atoms with E-state index in [0.29, 0.717) is 55.9 Å². The number of allylic oxidation sites excluding steroid dienone is 1. The van der Waals surface area contributed by atoms with Crippen LogP contribution in [0.2, 0.25) is 0 Å². The van der Waals surface area contributed by atoms with Gasteiger partial charge in [-0.3, -0.25) is 4.79 Å². The number of fused-ring (bicyclic) bond motifs is 3. The Morgan fingerprint density at radius 3 is 2.53 bits per heavy atom. The fourth-order valence-corrected chi connectivity index (χ4v) is 11.7. The molecule has 43 heavy (non-hydrogen) atoms. The number of aromatic nitrogens is 4. The summed E-state index contributed by atoms with van der Waals surface area (Å²) >= 11 is 0. The van der Waals surface area contributed by atoms with Crippen LogP contribution in [0, 0.1) is 63.6 Å². The normalized spacial score (nSPS) is 46.4. The van der Waals surface area contributed by atoms with Crippen LogP contribution in [0.25, 0.3) is 0 Å². The number of carbonyl (C=O) groups is 1. The van der Waals surface area contributed by atoms with E-state index in [0.717, 1.165) is 38.5 Å². The topological polar surface area (TPSA) is 125 Å². The van der Waals surface area contributed by atoms with Crippen molar-refractivity contribution < 1.29 is 19.4 Å². The van der Waals surface area contributed by atoms with Crippen LogP contribution in [0.4, 0.5) is 0 Å². The van der Waals surface area contributed by atoms with E-state index in [2.05, 4.69) is 64.9 Å². The number of hydrogen-bond donors (Lipinski definition) is 2. The van der Waals surface area contributed by atoms with Crippen molar-refractivity contribution in [2.75, 3.05) is 26.4 Å². The van der Waals surface area contributed by atoms with Crippen molar-refractivity contribution in [3.05, 3.63) is 17.5 Å². The number of aliphatic carboxylic acids is 1. The number of nitrogens with zero attached hydrogens (tertiary/aromatic N) is 4. The van der Waals surface area contributed by atoms with Gasteiger partial charge in [-0.1, -0.05) is 60.1 Å². The highest BCUT2D eigenvalue weighted by Gasteiger charge is 2.72. The maximum Gasteiger partial charge on any atom is 0.307 e. The maximum absolute atomic E-state index is 13.3. The lowest BCUT2D eigenvalue weighted by Gasteiger charge is -2.71. The minimum atomic E-state index is -0.619. The number of ether oxygens (including phenoxy) is 2. The molecule has 0 radical (unpaired) electrons. The Morgan fingerprint density at radius 1 is 1.16 bits per heavy atom. The Hall–Kier alpha value is -1.84. The lowest BCUT2D eigenvalue weighted by Crippen LogP contribution is -2.69. The molecule has 0 aromatic carbocycles. The zero-order valence-electron chi connectivity index (χ0n) is 27.7. The summed E-state index contributed by atoms with van der Waals surface area (Å²) < 4.78 is 13.2. The van der Waals surface area contributed by atoms with E-state index < -0.39 is 11.9 Å². The average molecular weight is 598 g/mol. The van der Waals surface area contributed by atoms with E-state index in [1.54, 1.807) is 4.80 Å². The summed E-state index contributed by atoms with van der Waals surface area (Å²) in [6.07, 6.45) is 8.15. The molecule has 9 nitrogen and oxygen atoms in total. The molecule has 1 aliphatic heterocycles. The minimum Gasteiger partial charge on any atom is -0.481 e. The molecule has 5 aliphatic rings. The van der Waals surface area contributed by atoms with E-state index >= 15 is 0 Å². The first kappa shape index (κ1) is 31.2. The lowest BCUT2D eigenvalue weighted by molar-refractivity contribution is -0.251. The van der Waals surface area contributed by atoms with Gasteiger partial charge in [-0.25, -0.2) is 0 Å². The molecular weight excluding hydrogens is 542 g/mol. The quantitative estimate of drug-likeness (QED) is 0.397. The Bertz CT molecular complexity index is 1280. The van der Waals surface area contributed by atoms with Gasteiger partial charge < -0.3 is 20.3 Å². The molecular formula is C34H55N5O4. The van der Waals surface area contributed by atoms with Crippen molar-refractivity contribution in [3.63, 3.8) is 0 Å². The molecule has 0 spiro atoms. The Balaban J connectivity index is 1.46. The van der Waals surface area contributed by atoms with Crippen LogP contribution in [-0.2, 0) is 14.3 Å². The molecule has 4 fully saturated rings. The molecule has 0 amide bonds. The van der Waals surface area contributed by atoms with E-state index in [4.69, 9.17) is 20.3 Å². The van der Waals surface area contributed by atoms with Crippen molar-refractivity contribution in [2.45, 2.75) is 106 Å². The third-order valence-electron chi connectivity index (χ3n) is 14.3. The lowest BCUT2D eigenvalue weighted by atomic mass is 9.34. The molecule has 1 aromatic rings. The Kier molecular flexibility index (Phi) is 7.49. The van der Waals surface area contributed by atoms with Gasteiger partial charge >= 0.3 is 5.97 Å². The van der Waals surface area contributed by atoms with Gasteiger partial charge in [0, 0.05) is 17.4 Å². The monoisotopic (exact) mass is 597 g/mol. The van der Waals surface area contributed by atoms with Crippen molar-refractivity contribution in [1.82, 2.24) is 20.2 Å². The van der Waals surface area contributed by atoms with E-state index in [1.807, 2.05) is 6.92 Å². The second-order valence-corrected chi connectivity index (χ2v) is 16.4. The molecule has 3 saturated carbocycles. The summed E-state index contributed by atoms with van der Waals surface area (Å²) in [5, 5.41) is 24.4. The van der Waals surface area contributed by atoms with Crippen molar-refractivity contribution in [1.29, 1.82) is 0 Å². The fraction of sp³-hybridized carbons (Fsp3) is 0.882. The molecule has 1 aromatic heterocycles. The van der Waals surface area contributed by atoms with E-state index in [1.165, 1.54) is 5.57 Å². The van der Waals surface area contributed by atoms with Crippen molar-refractivity contribution in [2.24, 2.45) is 62.4 Å². The summed E-state index contributed by atoms with van der Waals surface area (Å²) in [5.41, 5.74) is 6.36. The Morgan fingerprint density at radius 2 is 1.91 bits per heavy atom. The van der Waals surface area contributed by atoms with Crippen LogP contribution in [0.3, 0.4) is 0 Å². The molecule has 9 heteroatoms. The Labute approximate surface area is 257 Å². The summed E-state index contributed by atoms with van der Waals surface area (Å²) in [4.78, 5) is 15.1. The second kappa shape index (κ2) is 10.3. The number of tetrazole rings is 1. The van der Waals surface area contributed by atoms with Crippen molar-refractivity contribution in [3.8, 4) is 0 Å². The molecule has 4 aliphatic carbocycles. The first-order chi connectivity index (χ1) is 20.2. The predicted molar refractivity (Wildman–Crippen MR) is 164 cm³/mol. The SMILES string of the molecule is Cc1nnn([C@@H]2C[C@@]34COC[C@@](C)([C@@H]3CC[C@H]3C4=CC[C@@]4(C)[C@H](C(=O)O)[C@@](C)([C@H](C)C(C)C)CC[C@]34C)[C@H]2OCCN)n1. The van der Waals surface area contributed by atoms with Crippen molar-refractivity contribution >= 4 is 5.97 Å². The van der Waals surface area contributed by atoms with Gasteiger partial charge in [0.1, 0.15) is 6.04 Å². The van der Waals surface area contributed by atoms with Crippen LogP contribution < -0.4 is 5.73 Å². The fourth-order valence-electron chi connectivity index (χ4n) is 11.7. The predicted octanol–water partition coefficient (Wildman–Crippen LogP) is 5.46. The highest BCUT2D eigenvalue weighted by atomic mass is 16.5. The second-order valence-electron chi connectivity index (χ2n) is 16.4. The summed E-state index contributed by atoms with van der Waals surface area (Å²) in [6, 6.07) is -0.0769. The highest BCUT2D eigenvalue weighted by molar-refractivity contribution is 5.73. The zero-order chi connectivity index (χ0) is 31.2. The smallest absolute Gasteiger partial charge is 0.307 e. The summed E-state index contributed by atoms with van der Waals surface area (Å²) in [6.45, 7) is 20.3. The van der Waals surface area contributed by atoms with Gasteiger partial charge in [0.05, 0.1) is 31.8 Å². The molecule has 6 rings (SSSR count). The number of carboxylic acids is 1. The van der Waals surface area contributed by atoms with Gasteiger partial charge in [-0.05, 0) is 90.6 Å².